The lowest BCUT2D eigenvalue weighted by Gasteiger charge is -2.29. The van der Waals surface area contributed by atoms with Crippen molar-refractivity contribution in [2.75, 3.05) is 7.11 Å². The summed E-state index contributed by atoms with van der Waals surface area (Å²) < 4.78 is 11.7. The normalized spacial score (nSPS) is 27.6. The topological polar surface area (TPSA) is 51.0 Å². The standard InChI is InChI=1S/C16H21NO3/c1-19-11-4-2-5-12(10-11)20-16-7-3-6-13-14(16)8-9-15(13)17-18/h3,6-7,11-12,18H,2,4-5,8-10H2,1H3. The molecule has 0 radical (unpaired) electrons. The Kier molecular flexibility index (Phi) is 3.92. The maximum atomic E-state index is 9.02. The van der Waals surface area contributed by atoms with Gasteiger partial charge in [-0.05, 0) is 38.2 Å². The van der Waals surface area contributed by atoms with E-state index < -0.39 is 0 Å². The lowest BCUT2D eigenvalue weighted by molar-refractivity contribution is 0.0207. The van der Waals surface area contributed by atoms with E-state index >= 15 is 0 Å². The molecule has 4 nitrogen and oxygen atoms in total. The average Bonchev–Trinajstić information content (AvgIpc) is 2.91. The van der Waals surface area contributed by atoms with Crippen molar-refractivity contribution in [3.05, 3.63) is 29.3 Å². The summed E-state index contributed by atoms with van der Waals surface area (Å²) in [6, 6.07) is 6.00. The van der Waals surface area contributed by atoms with Crippen LogP contribution in [-0.2, 0) is 11.2 Å². The zero-order valence-corrected chi connectivity index (χ0v) is 11.8. The van der Waals surface area contributed by atoms with Gasteiger partial charge in [0.25, 0.3) is 0 Å². The van der Waals surface area contributed by atoms with Crippen LogP contribution in [0.15, 0.2) is 23.4 Å². The number of nitrogens with zero attached hydrogens (tertiary/aromatic N) is 1. The molecule has 2 aliphatic carbocycles. The van der Waals surface area contributed by atoms with Gasteiger partial charge in [0, 0.05) is 24.7 Å². The van der Waals surface area contributed by atoms with E-state index in [0.29, 0.717) is 6.10 Å². The second-order valence-electron chi connectivity index (χ2n) is 5.59. The van der Waals surface area contributed by atoms with Gasteiger partial charge in [-0.2, -0.15) is 0 Å². The fraction of sp³-hybridized carbons (Fsp3) is 0.562. The Morgan fingerprint density at radius 1 is 1.20 bits per heavy atom. The van der Waals surface area contributed by atoms with Gasteiger partial charge in [-0.3, -0.25) is 0 Å². The molecule has 0 amide bonds. The molecule has 0 heterocycles. The van der Waals surface area contributed by atoms with Crippen molar-refractivity contribution in [1.82, 2.24) is 0 Å². The molecule has 1 saturated carbocycles. The highest BCUT2D eigenvalue weighted by molar-refractivity contribution is 6.04. The minimum atomic E-state index is 0.232. The number of rotatable bonds is 3. The van der Waals surface area contributed by atoms with Crippen LogP contribution in [0.25, 0.3) is 0 Å². The van der Waals surface area contributed by atoms with Crippen LogP contribution in [0.4, 0.5) is 0 Å². The molecule has 0 spiro atoms. The molecule has 2 aliphatic rings. The van der Waals surface area contributed by atoms with Crippen molar-refractivity contribution in [3.8, 4) is 5.75 Å². The number of oxime groups is 1. The first-order valence-electron chi connectivity index (χ1n) is 7.34. The average molecular weight is 275 g/mol. The van der Waals surface area contributed by atoms with E-state index in [1.165, 1.54) is 5.56 Å². The molecule has 2 unspecified atom stereocenters. The third-order valence-corrected chi connectivity index (χ3v) is 4.38. The summed E-state index contributed by atoms with van der Waals surface area (Å²) in [6.45, 7) is 0. The van der Waals surface area contributed by atoms with Crippen LogP contribution in [0.5, 0.6) is 5.75 Å². The number of ether oxygens (including phenoxy) is 2. The van der Waals surface area contributed by atoms with E-state index in [1.54, 1.807) is 7.11 Å². The fourth-order valence-corrected chi connectivity index (χ4v) is 3.29. The predicted molar refractivity (Wildman–Crippen MR) is 76.8 cm³/mol. The van der Waals surface area contributed by atoms with Crippen LogP contribution in [-0.4, -0.2) is 30.2 Å². The van der Waals surface area contributed by atoms with Gasteiger partial charge in [0.2, 0.25) is 0 Å². The molecular formula is C16H21NO3. The largest absolute Gasteiger partial charge is 0.490 e. The summed E-state index contributed by atoms with van der Waals surface area (Å²) >= 11 is 0. The first kappa shape index (κ1) is 13.4. The molecule has 20 heavy (non-hydrogen) atoms. The Hall–Kier alpha value is -1.55. The van der Waals surface area contributed by atoms with Crippen molar-refractivity contribution in [2.24, 2.45) is 5.16 Å². The molecule has 0 bridgehead atoms. The fourth-order valence-electron chi connectivity index (χ4n) is 3.29. The number of fused-ring (bicyclic) bond motifs is 1. The van der Waals surface area contributed by atoms with Crippen molar-refractivity contribution < 1.29 is 14.7 Å². The first-order chi connectivity index (χ1) is 9.81. The van der Waals surface area contributed by atoms with Gasteiger partial charge in [0.15, 0.2) is 0 Å². The number of methoxy groups -OCH3 is 1. The zero-order valence-electron chi connectivity index (χ0n) is 11.8. The minimum absolute atomic E-state index is 0.232. The van der Waals surface area contributed by atoms with Gasteiger partial charge in [-0.15, -0.1) is 0 Å². The second-order valence-corrected chi connectivity index (χ2v) is 5.59. The van der Waals surface area contributed by atoms with Gasteiger partial charge in [-0.1, -0.05) is 17.3 Å². The van der Waals surface area contributed by atoms with E-state index in [0.717, 1.165) is 55.5 Å². The van der Waals surface area contributed by atoms with Gasteiger partial charge in [-0.25, -0.2) is 0 Å². The maximum Gasteiger partial charge on any atom is 0.123 e. The Balaban J connectivity index is 1.77. The highest BCUT2D eigenvalue weighted by Gasteiger charge is 2.26. The Labute approximate surface area is 119 Å². The number of hydrogen-bond acceptors (Lipinski definition) is 4. The molecule has 108 valence electrons. The van der Waals surface area contributed by atoms with Crippen molar-refractivity contribution in [2.45, 2.75) is 50.7 Å². The van der Waals surface area contributed by atoms with Crippen molar-refractivity contribution in [1.29, 1.82) is 0 Å². The van der Waals surface area contributed by atoms with E-state index in [-0.39, 0.29) is 6.10 Å². The molecule has 2 atom stereocenters. The molecular weight excluding hydrogens is 254 g/mol. The lowest BCUT2D eigenvalue weighted by atomic mass is 9.94. The summed E-state index contributed by atoms with van der Waals surface area (Å²) in [5.41, 5.74) is 2.98. The summed E-state index contributed by atoms with van der Waals surface area (Å²) in [7, 11) is 1.78. The predicted octanol–water partition coefficient (Wildman–Crippen LogP) is 3.15. The smallest absolute Gasteiger partial charge is 0.123 e. The molecule has 1 N–H and O–H groups in total. The van der Waals surface area contributed by atoms with E-state index in [4.69, 9.17) is 14.7 Å². The van der Waals surface area contributed by atoms with Gasteiger partial charge in [0.05, 0.1) is 11.8 Å². The first-order valence-corrected chi connectivity index (χ1v) is 7.34. The zero-order chi connectivity index (χ0) is 13.9. The van der Waals surface area contributed by atoms with Crippen LogP contribution in [0.3, 0.4) is 0 Å². The summed E-state index contributed by atoms with van der Waals surface area (Å²) in [5, 5.41) is 12.4. The van der Waals surface area contributed by atoms with E-state index in [2.05, 4.69) is 5.16 Å². The molecule has 4 heteroatoms. The van der Waals surface area contributed by atoms with E-state index in [1.807, 2.05) is 18.2 Å². The molecule has 3 rings (SSSR count). The molecule has 0 aliphatic heterocycles. The quantitative estimate of drug-likeness (QED) is 0.681. The van der Waals surface area contributed by atoms with Crippen LogP contribution in [0, 0.1) is 0 Å². The van der Waals surface area contributed by atoms with Crippen LogP contribution < -0.4 is 4.74 Å². The monoisotopic (exact) mass is 275 g/mol. The third kappa shape index (κ3) is 2.52. The molecule has 1 aromatic rings. The van der Waals surface area contributed by atoms with Crippen molar-refractivity contribution in [3.63, 3.8) is 0 Å². The summed E-state index contributed by atoms with van der Waals surface area (Å²) in [6.07, 6.45) is 6.57. The molecule has 1 aromatic carbocycles. The second kappa shape index (κ2) is 5.83. The van der Waals surface area contributed by atoms with Gasteiger partial charge in [0.1, 0.15) is 11.9 Å². The number of hydrogen-bond donors (Lipinski definition) is 1. The Morgan fingerprint density at radius 3 is 2.85 bits per heavy atom. The molecule has 0 aromatic heterocycles. The Bertz CT molecular complexity index is 512. The molecule has 0 saturated heterocycles. The number of benzene rings is 1. The summed E-state index contributed by atoms with van der Waals surface area (Å²) in [4.78, 5) is 0. The van der Waals surface area contributed by atoms with Crippen LogP contribution in [0.2, 0.25) is 0 Å². The Morgan fingerprint density at radius 2 is 2.05 bits per heavy atom. The van der Waals surface area contributed by atoms with Gasteiger partial charge >= 0.3 is 0 Å². The third-order valence-electron chi connectivity index (χ3n) is 4.38. The van der Waals surface area contributed by atoms with Crippen LogP contribution in [0.1, 0.15) is 43.2 Å². The highest BCUT2D eigenvalue weighted by Crippen LogP contribution is 2.33. The SMILES string of the molecule is COC1CCCC(Oc2cccc3c2CCC3=NO)C1. The summed E-state index contributed by atoms with van der Waals surface area (Å²) in [5.74, 6) is 0.947. The molecule has 1 fully saturated rings. The minimum Gasteiger partial charge on any atom is -0.490 e. The van der Waals surface area contributed by atoms with Gasteiger partial charge < -0.3 is 14.7 Å². The maximum absolute atomic E-state index is 9.02. The van der Waals surface area contributed by atoms with Crippen molar-refractivity contribution >= 4 is 5.71 Å². The van der Waals surface area contributed by atoms with E-state index in [9.17, 15) is 0 Å². The lowest BCUT2D eigenvalue weighted by Crippen LogP contribution is -2.29. The van der Waals surface area contributed by atoms with Crippen LogP contribution >= 0.6 is 0 Å². The highest BCUT2D eigenvalue weighted by atomic mass is 16.5.